The smallest absolute Gasteiger partial charge is 0.322 e. The fraction of sp³-hybridized carbons (Fsp3) is 0.900. The van der Waals surface area contributed by atoms with Crippen LogP contribution >= 0.6 is 11.8 Å². The molecule has 0 saturated carbocycles. The van der Waals surface area contributed by atoms with Crippen LogP contribution in [0, 0.1) is 5.92 Å². The molecule has 0 amide bonds. The van der Waals surface area contributed by atoms with Crippen molar-refractivity contribution in [3.63, 3.8) is 0 Å². The SMILES string of the molecule is CSCCC(N)C(=O)OCC1CCOC1. The molecule has 15 heavy (non-hydrogen) atoms. The molecule has 1 rings (SSSR count). The van der Waals surface area contributed by atoms with Crippen molar-refractivity contribution in [3.8, 4) is 0 Å². The van der Waals surface area contributed by atoms with E-state index in [0.717, 1.165) is 18.8 Å². The fourth-order valence-electron chi connectivity index (χ4n) is 1.38. The highest BCUT2D eigenvalue weighted by molar-refractivity contribution is 7.98. The van der Waals surface area contributed by atoms with E-state index in [4.69, 9.17) is 15.2 Å². The summed E-state index contributed by atoms with van der Waals surface area (Å²) in [6.45, 7) is 1.93. The average molecular weight is 233 g/mol. The van der Waals surface area contributed by atoms with E-state index in [0.29, 0.717) is 25.6 Å². The Balaban J connectivity index is 2.11. The predicted molar refractivity (Wildman–Crippen MR) is 60.9 cm³/mol. The van der Waals surface area contributed by atoms with E-state index in [1.807, 2.05) is 6.26 Å². The van der Waals surface area contributed by atoms with E-state index in [9.17, 15) is 4.79 Å². The minimum atomic E-state index is -0.472. The highest BCUT2D eigenvalue weighted by Gasteiger charge is 2.20. The molecule has 0 spiro atoms. The van der Waals surface area contributed by atoms with Crippen molar-refractivity contribution < 1.29 is 14.3 Å². The van der Waals surface area contributed by atoms with Crippen LogP contribution in [0.25, 0.3) is 0 Å². The van der Waals surface area contributed by atoms with Crippen molar-refractivity contribution in [1.29, 1.82) is 0 Å². The van der Waals surface area contributed by atoms with Crippen molar-refractivity contribution >= 4 is 17.7 Å². The largest absolute Gasteiger partial charge is 0.464 e. The summed E-state index contributed by atoms with van der Waals surface area (Å²) in [5.74, 6) is 0.973. The molecule has 0 radical (unpaired) electrons. The molecule has 1 heterocycles. The van der Waals surface area contributed by atoms with Crippen LogP contribution in [0.5, 0.6) is 0 Å². The van der Waals surface area contributed by atoms with Gasteiger partial charge in [0.05, 0.1) is 13.2 Å². The van der Waals surface area contributed by atoms with Crippen LogP contribution in [0.2, 0.25) is 0 Å². The maximum atomic E-state index is 11.4. The molecule has 0 aromatic rings. The molecule has 0 bridgehead atoms. The minimum Gasteiger partial charge on any atom is -0.464 e. The Bertz CT molecular complexity index is 195. The number of hydrogen-bond acceptors (Lipinski definition) is 5. The second-order valence-electron chi connectivity index (χ2n) is 3.75. The molecule has 1 aliphatic heterocycles. The highest BCUT2D eigenvalue weighted by Crippen LogP contribution is 2.12. The molecule has 2 N–H and O–H groups in total. The van der Waals surface area contributed by atoms with Crippen LogP contribution in [0.1, 0.15) is 12.8 Å². The lowest BCUT2D eigenvalue weighted by Crippen LogP contribution is -2.34. The van der Waals surface area contributed by atoms with Crippen molar-refractivity contribution in [2.75, 3.05) is 31.8 Å². The number of nitrogens with two attached hydrogens (primary N) is 1. The van der Waals surface area contributed by atoms with Gasteiger partial charge in [0.15, 0.2) is 0 Å². The van der Waals surface area contributed by atoms with Crippen molar-refractivity contribution in [3.05, 3.63) is 0 Å². The molecule has 2 unspecified atom stereocenters. The quantitative estimate of drug-likeness (QED) is 0.682. The van der Waals surface area contributed by atoms with E-state index in [1.54, 1.807) is 11.8 Å². The summed E-state index contributed by atoms with van der Waals surface area (Å²) in [6.07, 6.45) is 3.66. The van der Waals surface area contributed by atoms with Gasteiger partial charge in [0.2, 0.25) is 0 Å². The number of carbonyl (C=O) groups is 1. The lowest BCUT2D eigenvalue weighted by atomic mass is 10.1. The first-order chi connectivity index (χ1) is 7.24. The Hall–Kier alpha value is -0.260. The Morgan fingerprint density at radius 1 is 1.73 bits per heavy atom. The summed E-state index contributed by atoms with van der Waals surface area (Å²) >= 11 is 1.68. The maximum Gasteiger partial charge on any atom is 0.322 e. The molecule has 88 valence electrons. The molecular formula is C10H19NO3S. The van der Waals surface area contributed by atoms with Crippen LogP contribution in [0.4, 0.5) is 0 Å². The van der Waals surface area contributed by atoms with Crippen LogP contribution < -0.4 is 5.73 Å². The summed E-state index contributed by atoms with van der Waals surface area (Å²) in [7, 11) is 0. The van der Waals surface area contributed by atoms with Crippen molar-refractivity contribution in [1.82, 2.24) is 0 Å². The molecular weight excluding hydrogens is 214 g/mol. The third-order valence-corrected chi connectivity index (χ3v) is 3.06. The molecule has 1 saturated heterocycles. The Morgan fingerprint density at radius 2 is 2.53 bits per heavy atom. The fourth-order valence-corrected chi connectivity index (χ4v) is 1.87. The number of carbonyl (C=O) groups excluding carboxylic acids is 1. The van der Waals surface area contributed by atoms with Crippen LogP contribution in [-0.4, -0.2) is 43.8 Å². The summed E-state index contributed by atoms with van der Waals surface area (Å²) in [6, 6.07) is -0.472. The van der Waals surface area contributed by atoms with Gasteiger partial charge < -0.3 is 15.2 Å². The van der Waals surface area contributed by atoms with Gasteiger partial charge in [-0.1, -0.05) is 0 Å². The third-order valence-electron chi connectivity index (χ3n) is 2.42. The van der Waals surface area contributed by atoms with E-state index in [2.05, 4.69) is 0 Å². The number of thioether (sulfide) groups is 1. The van der Waals surface area contributed by atoms with Gasteiger partial charge in [-0.05, 0) is 24.9 Å². The van der Waals surface area contributed by atoms with E-state index < -0.39 is 6.04 Å². The molecule has 0 aromatic heterocycles. The summed E-state index contributed by atoms with van der Waals surface area (Å²) in [5, 5.41) is 0. The highest BCUT2D eigenvalue weighted by atomic mass is 32.2. The Morgan fingerprint density at radius 3 is 3.13 bits per heavy atom. The van der Waals surface area contributed by atoms with Crippen LogP contribution in [0.3, 0.4) is 0 Å². The monoisotopic (exact) mass is 233 g/mol. The normalized spacial score (nSPS) is 22.7. The zero-order valence-electron chi connectivity index (χ0n) is 9.11. The average Bonchev–Trinajstić information content (AvgIpc) is 2.75. The van der Waals surface area contributed by atoms with Gasteiger partial charge in [0.25, 0.3) is 0 Å². The molecule has 1 aliphatic rings. The maximum absolute atomic E-state index is 11.4. The van der Waals surface area contributed by atoms with Crippen LogP contribution in [0.15, 0.2) is 0 Å². The van der Waals surface area contributed by atoms with Gasteiger partial charge in [0.1, 0.15) is 6.04 Å². The molecule has 2 atom stereocenters. The first-order valence-electron chi connectivity index (χ1n) is 5.23. The van der Waals surface area contributed by atoms with Crippen molar-refractivity contribution in [2.24, 2.45) is 11.7 Å². The third kappa shape index (κ3) is 4.86. The number of hydrogen-bond donors (Lipinski definition) is 1. The van der Waals surface area contributed by atoms with Gasteiger partial charge >= 0.3 is 5.97 Å². The number of esters is 1. The van der Waals surface area contributed by atoms with Gasteiger partial charge in [-0.2, -0.15) is 11.8 Å². The number of ether oxygens (including phenoxy) is 2. The van der Waals surface area contributed by atoms with Gasteiger partial charge in [-0.3, -0.25) is 4.79 Å². The topological polar surface area (TPSA) is 61.6 Å². The number of rotatable bonds is 6. The Labute approximate surface area is 94.9 Å². The molecule has 0 aliphatic carbocycles. The first kappa shape index (κ1) is 12.8. The second kappa shape index (κ2) is 7.09. The first-order valence-corrected chi connectivity index (χ1v) is 6.62. The molecule has 0 aromatic carbocycles. The van der Waals surface area contributed by atoms with Gasteiger partial charge in [-0.25, -0.2) is 0 Å². The minimum absolute atomic E-state index is 0.282. The standard InChI is InChI=1S/C10H19NO3S/c1-15-5-3-9(11)10(12)14-7-8-2-4-13-6-8/h8-9H,2-7,11H2,1H3. The lowest BCUT2D eigenvalue weighted by Gasteiger charge is -2.13. The summed E-state index contributed by atoms with van der Waals surface area (Å²) in [4.78, 5) is 11.4. The zero-order valence-corrected chi connectivity index (χ0v) is 9.92. The van der Waals surface area contributed by atoms with E-state index in [-0.39, 0.29) is 5.97 Å². The second-order valence-corrected chi connectivity index (χ2v) is 4.73. The van der Waals surface area contributed by atoms with Crippen molar-refractivity contribution in [2.45, 2.75) is 18.9 Å². The summed E-state index contributed by atoms with van der Waals surface area (Å²) < 4.78 is 10.3. The molecule has 4 nitrogen and oxygen atoms in total. The van der Waals surface area contributed by atoms with Crippen LogP contribution in [-0.2, 0) is 14.3 Å². The van der Waals surface area contributed by atoms with Gasteiger partial charge in [0, 0.05) is 12.5 Å². The molecule has 1 fully saturated rings. The lowest BCUT2D eigenvalue weighted by molar-refractivity contribution is -0.146. The van der Waals surface area contributed by atoms with E-state index in [1.165, 1.54) is 0 Å². The predicted octanol–water partition coefficient (Wildman–Crippen LogP) is 0.646. The Kier molecular flexibility index (Phi) is 6.05. The van der Waals surface area contributed by atoms with Gasteiger partial charge in [-0.15, -0.1) is 0 Å². The zero-order chi connectivity index (χ0) is 11.1. The molecule has 5 heteroatoms. The van der Waals surface area contributed by atoms with E-state index >= 15 is 0 Å². The summed E-state index contributed by atoms with van der Waals surface area (Å²) in [5.41, 5.74) is 5.67.